The summed E-state index contributed by atoms with van der Waals surface area (Å²) in [5.41, 5.74) is 0. The minimum atomic E-state index is -1.51. The highest BCUT2D eigenvalue weighted by Crippen LogP contribution is 2.15. The van der Waals surface area contributed by atoms with Crippen LogP contribution in [0.5, 0.6) is 0 Å². The number of carboxylic acids is 1. The minimum Gasteiger partial charge on any atom is -0.477 e. The van der Waals surface area contributed by atoms with Crippen molar-refractivity contribution in [2.24, 2.45) is 0 Å². The van der Waals surface area contributed by atoms with E-state index in [1.54, 1.807) is 0 Å². The second kappa shape index (κ2) is 49.6. The van der Waals surface area contributed by atoms with E-state index >= 15 is 0 Å². The van der Waals surface area contributed by atoms with Crippen LogP contribution in [0.15, 0.2) is 97.2 Å². The van der Waals surface area contributed by atoms with Gasteiger partial charge in [-0.3, -0.25) is 9.59 Å². The maximum atomic E-state index is 12.8. The maximum absolute atomic E-state index is 12.8. The number of carboxylic acid groups (broad SMARTS) is 1. The predicted octanol–water partition coefficient (Wildman–Crippen LogP) is 15.4. The number of nitrogens with zero attached hydrogens (tertiary/aromatic N) is 1. The number of aliphatic carboxylic acids is 1. The van der Waals surface area contributed by atoms with E-state index < -0.39 is 24.3 Å². The van der Waals surface area contributed by atoms with Crippen molar-refractivity contribution in [3.05, 3.63) is 97.2 Å². The van der Waals surface area contributed by atoms with Gasteiger partial charge >= 0.3 is 17.9 Å². The van der Waals surface area contributed by atoms with E-state index in [1.807, 2.05) is 21.1 Å². The Hall–Kier alpha value is -3.79. The van der Waals surface area contributed by atoms with Gasteiger partial charge in [-0.05, 0) is 77.0 Å². The zero-order valence-corrected chi connectivity index (χ0v) is 44.0. The Morgan fingerprint density at radius 3 is 1.25 bits per heavy atom. The molecule has 68 heavy (non-hydrogen) atoms. The number of likely N-dealkylation sites (N-methyl/N-ethyl adjacent to an activating group) is 1. The quantitative estimate of drug-likeness (QED) is 0.0211. The standard InChI is InChI=1S/C59H99NO8/c1-6-8-10-12-14-15-16-17-18-19-20-21-22-23-24-25-26-27-28-29-30-31-32-33-34-35-36-37-38-39-40-41-42-43-44-46-48-50-57(62)68-55(53-66-56(61)49-47-45-13-11-9-7-2)54-67-59(58(63)64)65-52-51-60(3,4)5/h8,10,14-15,17-18,20-21,23-24,26-27,29-30,32-33,55,59H,6-7,9,11-13,16,19,22,25,28,31,34-54H2,1-5H3/p+1/b10-8-,15-14-,18-17-,21-20-,24-23-,27-26-,30-29-,33-32-. The number of allylic oxidation sites excluding steroid dienone is 16. The molecule has 0 rings (SSSR count). The highest BCUT2D eigenvalue weighted by molar-refractivity contribution is 5.71. The Labute approximate surface area is 416 Å². The Morgan fingerprint density at radius 2 is 0.838 bits per heavy atom. The van der Waals surface area contributed by atoms with Crippen LogP contribution in [0.2, 0.25) is 0 Å². The van der Waals surface area contributed by atoms with E-state index in [2.05, 4.69) is 111 Å². The van der Waals surface area contributed by atoms with Gasteiger partial charge in [-0.25, -0.2) is 4.79 Å². The summed E-state index contributed by atoms with van der Waals surface area (Å²) in [4.78, 5) is 36.9. The molecule has 0 aliphatic heterocycles. The van der Waals surface area contributed by atoms with Crippen LogP contribution in [0, 0.1) is 0 Å². The maximum Gasteiger partial charge on any atom is 0.361 e. The third kappa shape index (κ3) is 50.1. The monoisotopic (exact) mass is 951 g/mol. The zero-order valence-electron chi connectivity index (χ0n) is 44.0. The first-order valence-electron chi connectivity index (χ1n) is 26.9. The first-order valence-corrected chi connectivity index (χ1v) is 26.9. The van der Waals surface area contributed by atoms with Crippen molar-refractivity contribution in [2.75, 3.05) is 47.5 Å². The van der Waals surface area contributed by atoms with E-state index in [9.17, 15) is 19.5 Å². The molecule has 0 heterocycles. The average Bonchev–Trinajstić information content (AvgIpc) is 3.30. The summed E-state index contributed by atoms with van der Waals surface area (Å²) in [6.45, 7) is 4.67. The summed E-state index contributed by atoms with van der Waals surface area (Å²) in [5.74, 6) is -2.03. The largest absolute Gasteiger partial charge is 0.477 e. The normalized spacial score (nSPS) is 13.6. The van der Waals surface area contributed by atoms with Crippen molar-refractivity contribution in [1.82, 2.24) is 0 Å². The van der Waals surface area contributed by atoms with E-state index in [-0.39, 0.29) is 32.2 Å². The highest BCUT2D eigenvalue weighted by atomic mass is 16.7. The number of hydrogen-bond donors (Lipinski definition) is 1. The molecule has 0 amide bonds. The lowest BCUT2D eigenvalue weighted by atomic mass is 10.0. The first kappa shape index (κ1) is 64.2. The van der Waals surface area contributed by atoms with Crippen molar-refractivity contribution < 1.29 is 42.9 Å². The van der Waals surface area contributed by atoms with E-state index in [0.717, 1.165) is 96.3 Å². The molecule has 0 aliphatic carbocycles. The number of esters is 2. The van der Waals surface area contributed by atoms with E-state index in [1.165, 1.54) is 70.6 Å². The van der Waals surface area contributed by atoms with Crippen LogP contribution in [0.4, 0.5) is 0 Å². The van der Waals surface area contributed by atoms with Gasteiger partial charge in [0.2, 0.25) is 0 Å². The average molecular weight is 951 g/mol. The molecule has 0 aliphatic rings. The van der Waals surface area contributed by atoms with Crippen molar-refractivity contribution >= 4 is 17.9 Å². The fourth-order valence-corrected chi connectivity index (χ4v) is 6.97. The van der Waals surface area contributed by atoms with Gasteiger partial charge in [0.1, 0.15) is 13.2 Å². The SMILES string of the molecule is CC/C=C\C/C=C\C/C=C\C/C=C\C/C=C\C/C=C\C/C=C\C/C=C\CCCCCCCCCCCCCCC(=O)OC(COC(=O)CCCCCCCC)COC(OCC[N+](C)(C)C)C(=O)O. The second-order valence-corrected chi connectivity index (χ2v) is 18.8. The summed E-state index contributed by atoms with van der Waals surface area (Å²) < 4.78 is 22.6. The van der Waals surface area contributed by atoms with Gasteiger partial charge in [0.15, 0.2) is 6.10 Å². The van der Waals surface area contributed by atoms with Gasteiger partial charge in [0, 0.05) is 12.8 Å². The molecule has 0 saturated carbocycles. The zero-order chi connectivity index (χ0) is 49.9. The molecule has 0 fully saturated rings. The van der Waals surface area contributed by atoms with Crippen LogP contribution in [-0.2, 0) is 33.3 Å². The predicted molar refractivity (Wildman–Crippen MR) is 285 cm³/mol. The Balaban J connectivity index is 4.01. The molecule has 0 aromatic carbocycles. The molecule has 9 heteroatoms. The van der Waals surface area contributed by atoms with Gasteiger partial charge in [-0.2, -0.15) is 0 Å². The third-order valence-corrected chi connectivity index (χ3v) is 11.1. The molecular formula is C59H100NO8+. The fourth-order valence-electron chi connectivity index (χ4n) is 6.97. The van der Waals surface area contributed by atoms with Crippen LogP contribution < -0.4 is 0 Å². The summed E-state index contributed by atoms with van der Waals surface area (Å²) in [6.07, 6.45) is 63.9. The molecule has 9 nitrogen and oxygen atoms in total. The second-order valence-electron chi connectivity index (χ2n) is 18.8. The van der Waals surface area contributed by atoms with E-state index in [4.69, 9.17) is 18.9 Å². The van der Waals surface area contributed by atoms with Gasteiger partial charge in [0.05, 0.1) is 34.4 Å². The molecule has 2 unspecified atom stereocenters. The lowest BCUT2D eigenvalue weighted by molar-refractivity contribution is -0.870. The summed E-state index contributed by atoms with van der Waals surface area (Å²) >= 11 is 0. The minimum absolute atomic E-state index is 0.185. The van der Waals surface area contributed by atoms with Crippen LogP contribution in [0.1, 0.15) is 200 Å². The fraction of sp³-hybridized carbons (Fsp3) is 0.678. The molecule has 0 saturated heterocycles. The number of hydrogen-bond acceptors (Lipinski definition) is 7. The molecule has 0 spiro atoms. The number of ether oxygens (including phenoxy) is 4. The number of rotatable bonds is 48. The van der Waals surface area contributed by atoms with Crippen molar-refractivity contribution in [3.63, 3.8) is 0 Å². The lowest BCUT2D eigenvalue weighted by Crippen LogP contribution is -2.40. The van der Waals surface area contributed by atoms with Crippen molar-refractivity contribution in [2.45, 2.75) is 212 Å². The number of quaternary nitrogens is 1. The third-order valence-electron chi connectivity index (χ3n) is 11.1. The van der Waals surface area contributed by atoms with Crippen molar-refractivity contribution in [1.29, 1.82) is 0 Å². The summed E-state index contributed by atoms with van der Waals surface area (Å²) in [6, 6.07) is 0. The Kier molecular flexibility index (Phi) is 46.9. The molecule has 0 aromatic heterocycles. The molecule has 0 aromatic rings. The smallest absolute Gasteiger partial charge is 0.361 e. The molecule has 2 atom stereocenters. The van der Waals surface area contributed by atoms with Crippen LogP contribution in [-0.4, -0.2) is 87.4 Å². The highest BCUT2D eigenvalue weighted by Gasteiger charge is 2.25. The van der Waals surface area contributed by atoms with Gasteiger partial charge in [0.25, 0.3) is 6.29 Å². The molecular weight excluding hydrogens is 851 g/mol. The summed E-state index contributed by atoms with van der Waals surface area (Å²) in [5, 5.41) is 9.62. The van der Waals surface area contributed by atoms with Gasteiger partial charge in [-0.1, -0.05) is 207 Å². The summed E-state index contributed by atoms with van der Waals surface area (Å²) in [7, 11) is 5.94. The van der Waals surface area contributed by atoms with E-state index in [0.29, 0.717) is 23.9 Å². The van der Waals surface area contributed by atoms with Crippen LogP contribution >= 0.6 is 0 Å². The first-order chi connectivity index (χ1) is 33.1. The van der Waals surface area contributed by atoms with Crippen LogP contribution in [0.25, 0.3) is 0 Å². The number of carbonyl (C=O) groups is 3. The molecule has 388 valence electrons. The molecule has 0 radical (unpaired) electrons. The van der Waals surface area contributed by atoms with Crippen molar-refractivity contribution in [3.8, 4) is 0 Å². The topological polar surface area (TPSA) is 108 Å². The Bertz CT molecular complexity index is 1430. The molecule has 0 bridgehead atoms. The van der Waals surface area contributed by atoms with Gasteiger partial charge in [-0.15, -0.1) is 0 Å². The molecule has 1 N–H and O–H groups in total. The lowest BCUT2D eigenvalue weighted by Gasteiger charge is -2.25. The van der Waals surface area contributed by atoms with Gasteiger partial charge < -0.3 is 28.5 Å². The Morgan fingerprint density at radius 1 is 0.456 bits per heavy atom. The van der Waals surface area contributed by atoms with Crippen LogP contribution in [0.3, 0.4) is 0 Å². The number of unbranched alkanes of at least 4 members (excludes halogenated alkanes) is 17. The number of carbonyl (C=O) groups excluding carboxylic acids is 2.